The van der Waals surface area contributed by atoms with Gasteiger partial charge in [0.15, 0.2) is 0 Å². The highest BCUT2D eigenvalue weighted by Crippen LogP contribution is 2.40. The standard InChI is InChI=1S/C16H18I3NO2/c1-16(2,11-3-8-4-13(11)20-7-8)22-15(21)10-5-9(17)6-12(18)14(10)19/h5-6,8,11,13,20H,3-4,7H2,1-2H3/p+1. The predicted molar refractivity (Wildman–Crippen MR) is 111 cm³/mol. The van der Waals surface area contributed by atoms with Crippen LogP contribution in [0.15, 0.2) is 12.1 Å². The molecule has 0 spiro atoms. The Kier molecular flexibility index (Phi) is 5.32. The molecule has 3 atom stereocenters. The highest BCUT2D eigenvalue weighted by atomic mass is 127. The van der Waals surface area contributed by atoms with Gasteiger partial charge in [-0.1, -0.05) is 0 Å². The first-order valence-corrected chi connectivity index (χ1v) is 10.7. The molecule has 0 radical (unpaired) electrons. The van der Waals surface area contributed by atoms with E-state index in [0.29, 0.717) is 17.5 Å². The first-order chi connectivity index (χ1) is 10.3. The van der Waals surface area contributed by atoms with Crippen molar-refractivity contribution in [1.29, 1.82) is 0 Å². The molecule has 0 aromatic heterocycles. The molecule has 6 heteroatoms. The lowest BCUT2D eigenvalue weighted by Gasteiger charge is -2.35. The molecular weight excluding hydrogens is 619 g/mol. The fourth-order valence-corrected chi connectivity index (χ4v) is 6.25. The number of carbonyl (C=O) groups is 1. The predicted octanol–water partition coefficient (Wildman–Crippen LogP) is 3.41. The Morgan fingerprint density at radius 1 is 1.27 bits per heavy atom. The average Bonchev–Trinajstić information content (AvgIpc) is 3.05. The van der Waals surface area contributed by atoms with Crippen molar-refractivity contribution in [2.45, 2.75) is 38.3 Å². The van der Waals surface area contributed by atoms with Gasteiger partial charge in [0.2, 0.25) is 0 Å². The molecule has 1 aromatic rings. The van der Waals surface area contributed by atoms with Crippen LogP contribution in [0.5, 0.6) is 0 Å². The van der Waals surface area contributed by atoms with Crippen molar-refractivity contribution < 1.29 is 14.8 Å². The number of halogens is 3. The van der Waals surface area contributed by atoms with E-state index >= 15 is 0 Å². The van der Waals surface area contributed by atoms with E-state index in [2.05, 4.69) is 93.0 Å². The van der Waals surface area contributed by atoms with Crippen LogP contribution in [-0.2, 0) is 4.74 Å². The summed E-state index contributed by atoms with van der Waals surface area (Å²) in [4.78, 5) is 12.7. The molecule has 1 aliphatic carbocycles. The van der Waals surface area contributed by atoms with E-state index in [1.807, 2.05) is 6.07 Å². The molecule has 2 fully saturated rings. The van der Waals surface area contributed by atoms with Gasteiger partial charge in [-0.3, -0.25) is 0 Å². The fourth-order valence-electron chi connectivity index (χ4n) is 3.87. The molecule has 3 nitrogen and oxygen atoms in total. The molecule has 0 amide bonds. The zero-order chi connectivity index (χ0) is 16.1. The number of esters is 1. The first-order valence-electron chi connectivity index (χ1n) is 7.49. The van der Waals surface area contributed by atoms with Gasteiger partial charge >= 0.3 is 5.97 Å². The van der Waals surface area contributed by atoms with E-state index in [-0.39, 0.29) is 5.97 Å². The number of carbonyl (C=O) groups excluding carboxylic acids is 1. The number of fused-ring (bicyclic) bond motifs is 2. The van der Waals surface area contributed by atoms with Crippen molar-refractivity contribution in [1.82, 2.24) is 0 Å². The Bertz CT molecular complexity index is 618. The summed E-state index contributed by atoms with van der Waals surface area (Å²) in [7, 11) is 0. The lowest BCUT2D eigenvalue weighted by atomic mass is 9.84. The van der Waals surface area contributed by atoms with Gasteiger partial charge in [-0.25, -0.2) is 4.79 Å². The van der Waals surface area contributed by atoms with E-state index in [4.69, 9.17) is 4.74 Å². The van der Waals surface area contributed by atoms with Gasteiger partial charge in [-0.05, 0) is 100 Å². The summed E-state index contributed by atoms with van der Waals surface area (Å²) < 4.78 is 9.14. The van der Waals surface area contributed by atoms with Crippen LogP contribution in [0.1, 0.15) is 37.0 Å². The maximum Gasteiger partial charge on any atom is 0.339 e. The number of nitrogens with two attached hydrogens (primary N) is 1. The third-order valence-corrected chi connectivity index (χ3v) is 8.61. The second kappa shape index (κ2) is 6.62. The summed E-state index contributed by atoms with van der Waals surface area (Å²) in [5, 5.41) is 2.44. The molecule has 22 heavy (non-hydrogen) atoms. The van der Waals surface area contributed by atoms with E-state index in [9.17, 15) is 4.79 Å². The van der Waals surface area contributed by atoms with Crippen LogP contribution in [0.3, 0.4) is 0 Å². The molecule has 3 unspecified atom stereocenters. The van der Waals surface area contributed by atoms with Gasteiger partial charge in [0.1, 0.15) is 5.60 Å². The highest BCUT2D eigenvalue weighted by Gasteiger charge is 2.51. The molecular formula is C16H19I3NO2+. The third kappa shape index (κ3) is 3.44. The van der Waals surface area contributed by atoms with Gasteiger partial charge in [0.05, 0.1) is 24.1 Å². The van der Waals surface area contributed by atoms with Crippen molar-refractivity contribution in [2.75, 3.05) is 6.54 Å². The Hall–Kier alpha value is 0.840. The van der Waals surface area contributed by atoms with Crippen molar-refractivity contribution in [3.63, 3.8) is 0 Å². The summed E-state index contributed by atoms with van der Waals surface area (Å²) in [5.74, 6) is 1.09. The first kappa shape index (κ1) is 17.7. The fraction of sp³-hybridized carbons (Fsp3) is 0.562. The van der Waals surface area contributed by atoms with E-state index in [1.165, 1.54) is 19.4 Å². The van der Waals surface area contributed by atoms with Crippen LogP contribution in [0.4, 0.5) is 0 Å². The SMILES string of the molecule is CC(C)(OC(=O)c1cc(I)cc(I)c1I)C1CC2C[NH2+]C1C2. The van der Waals surface area contributed by atoms with Crippen LogP contribution in [-0.4, -0.2) is 24.2 Å². The summed E-state index contributed by atoms with van der Waals surface area (Å²) in [6.45, 7) is 5.41. The minimum atomic E-state index is -0.400. The minimum Gasteiger partial charge on any atom is -0.455 e. The summed E-state index contributed by atoms with van der Waals surface area (Å²) in [5.41, 5.74) is 0.292. The van der Waals surface area contributed by atoms with E-state index < -0.39 is 5.60 Å². The number of quaternary nitrogens is 1. The molecule has 120 valence electrons. The van der Waals surface area contributed by atoms with Crippen molar-refractivity contribution in [3.05, 3.63) is 28.4 Å². The molecule has 2 bridgehead atoms. The smallest absolute Gasteiger partial charge is 0.339 e. The number of benzene rings is 1. The Morgan fingerprint density at radius 3 is 2.59 bits per heavy atom. The molecule has 1 aromatic carbocycles. The number of hydrogen-bond acceptors (Lipinski definition) is 2. The molecule has 1 aliphatic heterocycles. The lowest BCUT2D eigenvalue weighted by molar-refractivity contribution is -0.687. The molecule has 1 saturated carbocycles. The molecule has 2 aliphatic rings. The Labute approximate surface area is 172 Å². The van der Waals surface area contributed by atoms with Gasteiger partial charge in [0, 0.05) is 23.0 Å². The second-order valence-electron chi connectivity index (χ2n) is 6.82. The highest BCUT2D eigenvalue weighted by molar-refractivity contribution is 14.1. The zero-order valence-corrected chi connectivity index (χ0v) is 19.0. The number of hydrogen-bond donors (Lipinski definition) is 1. The van der Waals surface area contributed by atoms with Crippen molar-refractivity contribution in [2.24, 2.45) is 11.8 Å². The molecule has 1 heterocycles. The topological polar surface area (TPSA) is 42.9 Å². The van der Waals surface area contributed by atoms with Gasteiger partial charge in [-0.15, -0.1) is 0 Å². The van der Waals surface area contributed by atoms with E-state index in [0.717, 1.165) is 16.6 Å². The quantitative estimate of drug-likeness (QED) is 0.314. The molecule has 1 saturated heterocycles. The Balaban J connectivity index is 1.79. The Morgan fingerprint density at radius 2 is 2.00 bits per heavy atom. The number of piperidine rings is 1. The van der Waals surface area contributed by atoms with Crippen LogP contribution >= 0.6 is 67.8 Å². The van der Waals surface area contributed by atoms with Crippen LogP contribution in [0.2, 0.25) is 0 Å². The molecule has 2 N–H and O–H groups in total. The normalized spacial score (nSPS) is 27.2. The largest absolute Gasteiger partial charge is 0.455 e. The van der Waals surface area contributed by atoms with Gasteiger partial charge in [-0.2, -0.15) is 0 Å². The van der Waals surface area contributed by atoms with Crippen molar-refractivity contribution in [3.8, 4) is 0 Å². The van der Waals surface area contributed by atoms with Crippen molar-refractivity contribution >= 4 is 73.7 Å². The summed E-state index contributed by atoms with van der Waals surface area (Å²) in [6.07, 6.45) is 2.48. The van der Waals surface area contributed by atoms with Crippen LogP contribution in [0, 0.1) is 22.5 Å². The average molecular weight is 638 g/mol. The lowest BCUT2D eigenvalue weighted by Crippen LogP contribution is -2.90. The number of rotatable bonds is 3. The zero-order valence-electron chi connectivity index (χ0n) is 12.5. The van der Waals surface area contributed by atoms with Gasteiger partial charge in [0.25, 0.3) is 0 Å². The second-order valence-corrected chi connectivity index (χ2v) is 10.3. The van der Waals surface area contributed by atoms with Crippen LogP contribution < -0.4 is 5.32 Å². The summed E-state index contributed by atoms with van der Waals surface area (Å²) in [6, 6.07) is 4.63. The van der Waals surface area contributed by atoms with Crippen LogP contribution in [0.25, 0.3) is 0 Å². The molecule has 3 rings (SSSR count). The maximum absolute atomic E-state index is 12.7. The monoisotopic (exact) mass is 638 g/mol. The van der Waals surface area contributed by atoms with E-state index in [1.54, 1.807) is 0 Å². The maximum atomic E-state index is 12.7. The third-order valence-electron chi connectivity index (χ3n) is 4.94. The van der Waals surface area contributed by atoms with Gasteiger partial charge < -0.3 is 10.1 Å². The number of ether oxygens (including phenoxy) is 1. The minimum absolute atomic E-state index is 0.186. The summed E-state index contributed by atoms with van der Waals surface area (Å²) >= 11 is 6.76.